The Kier molecular flexibility index (Phi) is 12.4. The quantitative estimate of drug-likeness (QED) is 0.282. The Morgan fingerprint density at radius 3 is 2.73 bits per heavy atom. The lowest BCUT2D eigenvalue weighted by Crippen LogP contribution is -2.42. The zero-order valence-corrected chi connectivity index (χ0v) is 16.4. The van der Waals surface area contributed by atoms with Crippen molar-refractivity contribution in [2.24, 2.45) is 4.99 Å². The molecule has 0 saturated carbocycles. The number of benzene rings is 1. The smallest absolute Gasteiger partial charge is 0.191 e. The third kappa shape index (κ3) is 8.67. The summed E-state index contributed by atoms with van der Waals surface area (Å²) >= 11 is 1.83. The molecule has 22 heavy (non-hydrogen) atoms. The van der Waals surface area contributed by atoms with Crippen LogP contribution < -0.4 is 15.4 Å². The number of ether oxygens (including phenoxy) is 1. The fourth-order valence-corrected chi connectivity index (χ4v) is 2.12. The Bertz CT molecular complexity index is 449. The maximum atomic E-state index is 13.5. The minimum Gasteiger partial charge on any atom is -0.486 e. The average Bonchev–Trinajstić information content (AvgIpc) is 2.49. The second-order valence-electron chi connectivity index (χ2n) is 4.59. The van der Waals surface area contributed by atoms with Gasteiger partial charge in [-0.25, -0.2) is 4.39 Å². The first-order valence-electron chi connectivity index (χ1n) is 7.02. The predicted octanol–water partition coefficient (Wildman–Crippen LogP) is 3.13. The van der Waals surface area contributed by atoms with E-state index in [1.165, 1.54) is 6.07 Å². The van der Waals surface area contributed by atoms with E-state index in [0.29, 0.717) is 6.54 Å². The number of nitrogens with zero attached hydrogens (tertiary/aromatic N) is 1. The molecular weight excluding hydrogens is 416 g/mol. The molecule has 1 atom stereocenters. The van der Waals surface area contributed by atoms with Gasteiger partial charge in [0, 0.05) is 13.6 Å². The van der Waals surface area contributed by atoms with Crippen molar-refractivity contribution in [3.05, 3.63) is 30.1 Å². The van der Waals surface area contributed by atoms with Crippen molar-refractivity contribution in [1.82, 2.24) is 10.6 Å². The molecule has 4 nitrogen and oxygen atoms in total. The van der Waals surface area contributed by atoms with Crippen LogP contribution in [0.4, 0.5) is 4.39 Å². The molecule has 1 aromatic rings. The van der Waals surface area contributed by atoms with E-state index in [2.05, 4.69) is 21.9 Å². The van der Waals surface area contributed by atoms with Gasteiger partial charge in [-0.3, -0.25) is 4.99 Å². The Balaban J connectivity index is 0.00000441. The highest BCUT2D eigenvalue weighted by Crippen LogP contribution is 2.16. The van der Waals surface area contributed by atoms with E-state index >= 15 is 0 Å². The number of guanidine groups is 1. The highest BCUT2D eigenvalue weighted by Gasteiger charge is 2.08. The van der Waals surface area contributed by atoms with Gasteiger partial charge in [0.1, 0.15) is 6.10 Å². The number of hydrogen-bond acceptors (Lipinski definition) is 3. The number of aliphatic imine (C=N–C) groups is 1. The van der Waals surface area contributed by atoms with E-state index < -0.39 is 0 Å². The molecule has 0 bridgehead atoms. The molecular formula is C15H25FIN3OS. The van der Waals surface area contributed by atoms with Crippen LogP contribution in [-0.4, -0.2) is 44.2 Å². The van der Waals surface area contributed by atoms with Gasteiger partial charge in [-0.1, -0.05) is 12.1 Å². The lowest BCUT2D eigenvalue weighted by Gasteiger charge is -2.18. The predicted molar refractivity (Wildman–Crippen MR) is 104 cm³/mol. The second-order valence-corrected chi connectivity index (χ2v) is 5.57. The second kappa shape index (κ2) is 12.8. The van der Waals surface area contributed by atoms with Crippen molar-refractivity contribution in [2.75, 3.05) is 32.1 Å². The standard InChI is InChI=1S/C15H24FN3OS.HI/c1-12(20-14-8-5-4-7-13(14)16)11-19-15(17-2)18-9-6-10-21-3;/h4-5,7-8,12H,6,9-11H2,1-3H3,(H2,17,18,19);1H. The molecule has 1 unspecified atom stereocenters. The third-order valence-corrected chi connectivity index (χ3v) is 3.46. The van der Waals surface area contributed by atoms with Gasteiger partial charge in [0.05, 0.1) is 6.54 Å². The van der Waals surface area contributed by atoms with Crippen LogP contribution in [0, 0.1) is 5.82 Å². The SMILES string of the molecule is CN=C(NCCCSC)NCC(C)Oc1ccccc1F.I. The molecule has 0 aliphatic carbocycles. The minimum absolute atomic E-state index is 0. The maximum Gasteiger partial charge on any atom is 0.191 e. The van der Waals surface area contributed by atoms with Crippen molar-refractivity contribution >= 4 is 41.7 Å². The van der Waals surface area contributed by atoms with Gasteiger partial charge in [-0.15, -0.1) is 24.0 Å². The van der Waals surface area contributed by atoms with Crippen molar-refractivity contribution in [3.63, 3.8) is 0 Å². The van der Waals surface area contributed by atoms with E-state index in [9.17, 15) is 4.39 Å². The van der Waals surface area contributed by atoms with Crippen molar-refractivity contribution in [1.29, 1.82) is 0 Å². The van der Waals surface area contributed by atoms with E-state index in [1.807, 2.05) is 18.7 Å². The summed E-state index contributed by atoms with van der Waals surface area (Å²) in [5, 5.41) is 6.40. The summed E-state index contributed by atoms with van der Waals surface area (Å²) < 4.78 is 19.0. The van der Waals surface area contributed by atoms with E-state index in [1.54, 1.807) is 25.2 Å². The van der Waals surface area contributed by atoms with Gasteiger partial charge in [0.2, 0.25) is 0 Å². The van der Waals surface area contributed by atoms with E-state index in [0.717, 1.165) is 24.7 Å². The third-order valence-electron chi connectivity index (χ3n) is 2.76. The molecule has 126 valence electrons. The van der Waals surface area contributed by atoms with E-state index in [-0.39, 0.29) is 41.6 Å². The van der Waals surface area contributed by atoms with Gasteiger partial charge < -0.3 is 15.4 Å². The molecule has 0 aromatic heterocycles. The van der Waals surface area contributed by atoms with Crippen LogP contribution in [0.5, 0.6) is 5.75 Å². The molecule has 0 radical (unpaired) electrons. The molecule has 2 N–H and O–H groups in total. The first-order valence-corrected chi connectivity index (χ1v) is 8.41. The summed E-state index contributed by atoms with van der Waals surface area (Å²) in [6, 6.07) is 6.42. The Morgan fingerprint density at radius 1 is 1.36 bits per heavy atom. The van der Waals surface area contributed by atoms with Gasteiger partial charge >= 0.3 is 0 Å². The number of halogens is 2. The first kappa shape index (κ1) is 21.3. The largest absolute Gasteiger partial charge is 0.486 e. The highest BCUT2D eigenvalue weighted by atomic mass is 127. The molecule has 0 aliphatic rings. The number of para-hydroxylation sites is 1. The minimum atomic E-state index is -0.344. The van der Waals surface area contributed by atoms with Crippen molar-refractivity contribution in [3.8, 4) is 5.75 Å². The number of nitrogens with one attached hydrogen (secondary N) is 2. The number of rotatable bonds is 8. The van der Waals surface area contributed by atoms with Crippen LogP contribution in [0.25, 0.3) is 0 Å². The monoisotopic (exact) mass is 441 g/mol. The first-order chi connectivity index (χ1) is 10.2. The molecule has 0 fully saturated rings. The zero-order chi connectivity index (χ0) is 15.5. The molecule has 0 saturated heterocycles. The average molecular weight is 441 g/mol. The molecule has 0 heterocycles. The fraction of sp³-hybridized carbons (Fsp3) is 0.533. The summed E-state index contributed by atoms with van der Waals surface area (Å²) in [7, 11) is 1.73. The van der Waals surface area contributed by atoms with Crippen LogP contribution in [0.1, 0.15) is 13.3 Å². The van der Waals surface area contributed by atoms with Crippen LogP contribution in [0.2, 0.25) is 0 Å². The summed E-state index contributed by atoms with van der Waals surface area (Å²) in [5.41, 5.74) is 0. The van der Waals surface area contributed by atoms with Crippen LogP contribution >= 0.6 is 35.7 Å². The van der Waals surface area contributed by atoms with Crippen LogP contribution in [0.15, 0.2) is 29.3 Å². The molecule has 0 amide bonds. The summed E-state index contributed by atoms with van der Waals surface area (Å²) in [5.74, 6) is 1.79. The Morgan fingerprint density at radius 2 is 2.09 bits per heavy atom. The van der Waals surface area contributed by atoms with Crippen molar-refractivity contribution in [2.45, 2.75) is 19.4 Å². The van der Waals surface area contributed by atoms with Crippen LogP contribution in [-0.2, 0) is 0 Å². The lowest BCUT2D eigenvalue weighted by atomic mass is 10.3. The Hall–Kier alpha value is -0.700. The Labute approximate surface area is 153 Å². The molecule has 0 spiro atoms. The fourth-order valence-electron chi connectivity index (χ4n) is 1.68. The maximum absolute atomic E-state index is 13.5. The lowest BCUT2D eigenvalue weighted by molar-refractivity contribution is 0.214. The molecule has 1 aromatic carbocycles. The zero-order valence-electron chi connectivity index (χ0n) is 13.3. The highest BCUT2D eigenvalue weighted by molar-refractivity contribution is 14.0. The van der Waals surface area contributed by atoms with E-state index in [4.69, 9.17) is 4.74 Å². The summed E-state index contributed by atoms with van der Waals surface area (Å²) in [6.45, 7) is 3.32. The molecule has 7 heteroatoms. The topological polar surface area (TPSA) is 45.7 Å². The van der Waals surface area contributed by atoms with Crippen LogP contribution in [0.3, 0.4) is 0 Å². The van der Waals surface area contributed by atoms with Crippen molar-refractivity contribution < 1.29 is 9.13 Å². The summed E-state index contributed by atoms with van der Waals surface area (Å²) in [4.78, 5) is 4.14. The van der Waals surface area contributed by atoms with Gasteiger partial charge in [-0.05, 0) is 37.5 Å². The number of hydrogen-bond donors (Lipinski definition) is 2. The van der Waals surface area contributed by atoms with Gasteiger partial charge in [0.25, 0.3) is 0 Å². The molecule has 1 rings (SSSR count). The molecule has 0 aliphatic heterocycles. The number of thioether (sulfide) groups is 1. The normalized spacial score (nSPS) is 12.3. The van der Waals surface area contributed by atoms with Gasteiger partial charge in [0.15, 0.2) is 17.5 Å². The van der Waals surface area contributed by atoms with Gasteiger partial charge in [-0.2, -0.15) is 11.8 Å². The summed E-state index contributed by atoms with van der Waals surface area (Å²) in [6.07, 6.45) is 3.02.